The highest BCUT2D eigenvalue weighted by molar-refractivity contribution is 7.92. The summed E-state index contributed by atoms with van der Waals surface area (Å²) in [4.78, 5) is 0. The Balaban J connectivity index is 2.06. The maximum atomic E-state index is 12.3. The number of sulfonamides is 1. The highest BCUT2D eigenvalue weighted by Gasteiger charge is 2.24. The number of anilines is 1. The first-order chi connectivity index (χ1) is 9.49. The number of halogens is 1. The van der Waals surface area contributed by atoms with E-state index in [1.807, 2.05) is 6.07 Å². The van der Waals surface area contributed by atoms with E-state index in [1.54, 1.807) is 18.2 Å². The van der Waals surface area contributed by atoms with E-state index < -0.39 is 10.0 Å². The van der Waals surface area contributed by atoms with Crippen LogP contribution in [0.5, 0.6) is 0 Å². The molecule has 0 fully saturated rings. The van der Waals surface area contributed by atoms with Gasteiger partial charge in [-0.25, -0.2) is 0 Å². The quantitative estimate of drug-likeness (QED) is 0.770. The van der Waals surface area contributed by atoms with Gasteiger partial charge in [-0.3, -0.25) is 14.5 Å². The van der Waals surface area contributed by atoms with Gasteiger partial charge in [0, 0.05) is 12.4 Å². The summed E-state index contributed by atoms with van der Waals surface area (Å²) < 4.78 is 28.3. The minimum Gasteiger partial charge on any atom is -0.276 e. The number of rotatable bonds is 3. The van der Waals surface area contributed by atoms with Gasteiger partial charge in [-0.15, -0.1) is 0 Å². The molecule has 0 atom stereocenters. The number of aromatic amines is 1. The lowest BCUT2D eigenvalue weighted by Crippen LogP contribution is -2.17. The number of H-pyrrole nitrogens is 1. The Labute approximate surface area is 119 Å². The van der Waals surface area contributed by atoms with Crippen molar-refractivity contribution in [2.24, 2.45) is 7.05 Å². The van der Waals surface area contributed by atoms with Gasteiger partial charge < -0.3 is 0 Å². The number of nitrogens with zero attached hydrogens (tertiary/aromatic N) is 3. The van der Waals surface area contributed by atoms with Gasteiger partial charge in [-0.05, 0) is 12.1 Å². The van der Waals surface area contributed by atoms with Crippen molar-refractivity contribution in [1.29, 1.82) is 0 Å². The van der Waals surface area contributed by atoms with Crippen LogP contribution in [0.4, 0.5) is 5.82 Å². The maximum absolute atomic E-state index is 12.3. The Hall–Kier alpha value is -2.06. The largest absolute Gasteiger partial charge is 0.281 e. The lowest BCUT2D eigenvalue weighted by Gasteiger charge is -2.06. The third-order valence-corrected chi connectivity index (χ3v) is 4.64. The first-order valence-corrected chi connectivity index (χ1v) is 7.48. The molecule has 0 saturated heterocycles. The number of aryl methyl sites for hydroxylation is 1. The minimum atomic E-state index is -3.86. The number of para-hydroxylation sites is 1. The molecule has 0 aliphatic heterocycles. The van der Waals surface area contributed by atoms with Crippen LogP contribution in [0.2, 0.25) is 5.02 Å². The Bertz CT molecular complexity index is 864. The summed E-state index contributed by atoms with van der Waals surface area (Å²) in [5.41, 5.74) is 0.737. The summed E-state index contributed by atoms with van der Waals surface area (Å²) in [5.74, 6) is 0.220. The third kappa shape index (κ3) is 2.02. The molecule has 104 valence electrons. The molecule has 2 heterocycles. The van der Waals surface area contributed by atoms with Crippen LogP contribution in [0.15, 0.2) is 35.5 Å². The maximum Gasteiger partial charge on any atom is 0.281 e. The number of benzene rings is 1. The highest BCUT2D eigenvalue weighted by atomic mass is 35.5. The molecule has 0 aliphatic carbocycles. The van der Waals surface area contributed by atoms with Crippen molar-refractivity contribution in [2.45, 2.75) is 5.03 Å². The molecular formula is C11H10ClN5O2S. The minimum absolute atomic E-state index is 0.0554. The Morgan fingerprint density at radius 1 is 1.35 bits per heavy atom. The average Bonchev–Trinajstić information content (AvgIpc) is 2.94. The number of hydrogen-bond acceptors (Lipinski definition) is 4. The van der Waals surface area contributed by atoms with Crippen LogP contribution in [0.1, 0.15) is 0 Å². The van der Waals surface area contributed by atoms with Crippen LogP contribution < -0.4 is 4.72 Å². The summed E-state index contributed by atoms with van der Waals surface area (Å²) in [5, 5.41) is 11.2. The summed E-state index contributed by atoms with van der Waals surface area (Å²) >= 11 is 5.86. The first-order valence-electron chi connectivity index (χ1n) is 5.62. The molecule has 2 N–H and O–H groups in total. The molecule has 0 saturated carbocycles. The normalized spacial score (nSPS) is 11.9. The predicted molar refractivity (Wildman–Crippen MR) is 75.1 cm³/mol. The van der Waals surface area contributed by atoms with E-state index in [4.69, 9.17) is 11.6 Å². The van der Waals surface area contributed by atoms with Crippen molar-refractivity contribution < 1.29 is 8.42 Å². The van der Waals surface area contributed by atoms with Gasteiger partial charge in [0.1, 0.15) is 0 Å². The van der Waals surface area contributed by atoms with E-state index in [-0.39, 0.29) is 15.9 Å². The lowest BCUT2D eigenvalue weighted by molar-refractivity contribution is 0.582. The molecule has 0 spiro atoms. The van der Waals surface area contributed by atoms with Crippen molar-refractivity contribution in [3.63, 3.8) is 0 Å². The summed E-state index contributed by atoms with van der Waals surface area (Å²) in [7, 11) is -2.35. The molecule has 0 radical (unpaired) electrons. The van der Waals surface area contributed by atoms with Crippen LogP contribution in [0, 0.1) is 0 Å². The zero-order chi connectivity index (χ0) is 14.3. The number of nitrogens with one attached hydrogen (secondary N) is 2. The standard InChI is InChI=1S/C11H10ClN5O2S/c1-17-11(8(12)6-13-17)20(18,19)16-10-7-4-2-3-5-9(7)14-15-10/h2-6H,1H3,(H2,14,15,16). The molecule has 0 unspecified atom stereocenters. The molecule has 1 aromatic carbocycles. The molecular weight excluding hydrogens is 302 g/mol. The SMILES string of the molecule is Cn1ncc(Cl)c1S(=O)(=O)Nc1n[nH]c2ccccc12. The molecule has 2 aromatic heterocycles. The molecule has 0 amide bonds. The molecule has 0 bridgehead atoms. The molecule has 20 heavy (non-hydrogen) atoms. The van der Waals surface area contributed by atoms with Crippen LogP contribution in [-0.2, 0) is 17.1 Å². The second-order valence-electron chi connectivity index (χ2n) is 4.14. The van der Waals surface area contributed by atoms with E-state index in [9.17, 15) is 8.42 Å². The highest BCUT2D eigenvalue weighted by Crippen LogP contribution is 2.25. The van der Waals surface area contributed by atoms with Gasteiger partial charge in [0.05, 0.1) is 16.7 Å². The smallest absolute Gasteiger partial charge is 0.276 e. The van der Waals surface area contributed by atoms with Gasteiger partial charge >= 0.3 is 0 Å². The van der Waals surface area contributed by atoms with Crippen molar-refractivity contribution in [1.82, 2.24) is 20.0 Å². The molecule has 3 aromatic rings. The number of fused-ring (bicyclic) bond motifs is 1. The van der Waals surface area contributed by atoms with E-state index in [0.29, 0.717) is 5.39 Å². The Kier molecular flexibility index (Phi) is 2.91. The van der Waals surface area contributed by atoms with Crippen LogP contribution in [0.3, 0.4) is 0 Å². The zero-order valence-corrected chi connectivity index (χ0v) is 11.9. The molecule has 7 nitrogen and oxygen atoms in total. The summed E-state index contributed by atoms with van der Waals surface area (Å²) in [6.45, 7) is 0. The van der Waals surface area contributed by atoms with Gasteiger partial charge in [0.2, 0.25) is 0 Å². The Morgan fingerprint density at radius 2 is 2.10 bits per heavy atom. The fourth-order valence-corrected chi connectivity index (χ4v) is 3.60. The zero-order valence-electron chi connectivity index (χ0n) is 10.3. The number of aromatic nitrogens is 4. The van der Waals surface area contributed by atoms with Crippen molar-refractivity contribution in [2.75, 3.05) is 4.72 Å². The second kappa shape index (κ2) is 4.50. The van der Waals surface area contributed by atoms with Crippen LogP contribution in [-0.4, -0.2) is 28.4 Å². The van der Waals surface area contributed by atoms with Gasteiger partial charge in [0.25, 0.3) is 10.0 Å². The second-order valence-corrected chi connectivity index (χ2v) is 6.15. The molecule has 9 heteroatoms. The van der Waals surface area contributed by atoms with Gasteiger partial charge in [-0.2, -0.15) is 18.6 Å². The topological polar surface area (TPSA) is 92.7 Å². The van der Waals surface area contributed by atoms with Crippen molar-refractivity contribution >= 4 is 38.3 Å². The van der Waals surface area contributed by atoms with Crippen molar-refractivity contribution in [3.05, 3.63) is 35.5 Å². The lowest BCUT2D eigenvalue weighted by atomic mass is 10.2. The Morgan fingerprint density at radius 3 is 2.80 bits per heavy atom. The van der Waals surface area contributed by atoms with E-state index in [2.05, 4.69) is 20.0 Å². The summed E-state index contributed by atoms with van der Waals surface area (Å²) in [6.07, 6.45) is 1.28. The fourth-order valence-electron chi connectivity index (χ4n) is 1.92. The van der Waals surface area contributed by atoms with E-state index >= 15 is 0 Å². The summed E-state index contributed by atoms with van der Waals surface area (Å²) in [6, 6.07) is 7.20. The fraction of sp³-hybridized carbons (Fsp3) is 0.0909. The number of hydrogen-bond donors (Lipinski definition) is 2. The van der Waals surface area contributed by atoms with Gasteiger partial charge in [0.15, 0.2) is 10.8 Å². The third-order valence-electron chi connectivity index (χ3n) is 2.80. The van der Waals surface area contributed by atoms with Gasteiger partial charge in [-0.1, -0.05) is 23.7 Å². The van der Waals surface area contributed by atoms with Crippen molar-refractivity contribution in [3.8, 4) is 0 Å². The molecule has 0 aliphatic rings. The average molecular weight is 312 g/mol. The molecule has 3 rings (SSSR count). The predicted octanol–water partition coefficient (Wildman–Crippen LogP) is 1.75. The monoisotopic (exact) mass is 311 g/mol. The van der Waals surface area contributed by atoms with E-state index in [1.165, 1.54) is 17.9 Å². The van der Waals surface area contributed by atoms with Crippen LogP contribution in [0.25, 0.3) is 10.9 Å². The van der Waals surface area contributed by atoms with Crippen LogP contribution >= 0.6 is 11.6 Å². The first kappa shape index (κ1) is 12.9. The van der Waals surface area contributed by atoms with E-state index in [0.717, 1.165) is 5.52 Å².